The second-order valence-corrected chi connectivity index (χ2v) is 5.91. The molecule has 0 spiro atoms. The van der Waals surface area contributed by atoms with E-state index in [1.807, 2.05) is 0 Å². The Labute approximate surface area is 94.5 Å². The van der Waals surface area contributed by atoms with E-state index in [-0.39, 0.29) is 12.1 Å². The molecule has 3 atom stereocenters. The predicted octanol–water partition coefficient (Wildman–Crippen LogP) is 2.42. The third-order valence-electron chi connectivity index (χ3n) is 3.95. The third-order valence-corrected chi connectivity index (χ3v) is 3.95. The molecular weight excluding hydrogens is 186 g/mol. The molecule has 3 unspecified atom stereocenters. The predicted molar refractivity (Wildman–Crippen MR) is 64.8 cm³/mol. The maximum Gasteiger partial charge on any atom is 0.0613 e. The molecule has 0 aromatic rings. The van der Waals surface area contributed by atoms with Gasteiger partial charge in [0.15, 0.2) is 0 Å². The van der Waals surface area contributed by atoms with Gasteiger partial charge in [0.1, 0.15) is 0 Å². The van der Waals surface area contributed by atoms with Gasteiger partial charge >= 0.3 is 0 Å². The topological polar surface area (TPSA) is 32.3 Å². The maximum absolute atomic E-state index is 9.60. The van der Waals surface area contributed by atoms with E-state index in [2.05, 4.69) is 33.0 Å². The van der Waals surface area contributed by atoms with Crippen molar-refractivity contribution in [2.75, 3.05) is 13.2 Å². The second kappa shape index (κ2) is 5.31. The SMILES string of the molecule is CC(C)CNC1(CO)CCC(C)C(C)C1. The van der Waals surface area contributed by atoms with Crippen LogP contribution >= 0.6 is 0 Å². The molecule has 0 aromatic heterocycles. The van der Waals surface area contributed by atoms with E-state index < -0.39 is 0 Å². The Morgan fingerprint density at radius 1 is 1.33 bits per heavy atom. The largest absolute Gasteiger partial charge is 0.394 e. The summed E-state index contributed by atoms with van der Waals surface area (Å²) in [6.07, 6.45) is 3.49. The molecule has 0 aromatic carbocycles. The lowest BCUT2D eigenvalue weighted by Gasteiger charge is -2.43. The summed E-state index contributed by atoms with van der Waals surface area (Å²) in [5.41, 5.74) is 0.0101. The quantitative estimate of drug-likeness (QED) is 0.751. The highest BCUT2D eigenvalue weighted by molar-refractivity contribution is 4.94. The molecule has 0 radical (unpaired) electrons. The Bertz CT molecular complexity index is 193. The van der Waals surface area contributed by atoms with Crippen molar-refractivity contribution in [3.05, 3.63) is 0 Å². The molecule has 0 bridgehead atoms. The lowest BCUT2D eigenvalue weighted by atomic mass is 9.71. The van der Waals surface area contributed by atoms with Crippen molar-refractivity contribution in [1.82, 2.24) is 5.32 Å². The van der Waals surface area contributed by atoms with E-state index in [9.17, 15) is 5.11 Å². The van der Waals surface area contributed by atoms with Crippen molar-refractivity contribution in [3.63, 3.8) is 0 Å². The zero-order chi connectivity index (χ0) is 11.5. The minimum Gasteiger partial charge on any atom is -0.394 e. The van der Waals surface area contributed by atoms with Crippen LogP contribution in [0, 0.1) is 17.8 Å². The van der Waals surface area contributed by atoms with Gasteiger partial charge in [-0.3, -0.25) is 0 Å². The number of hydrogen-bond acceptors (Lipinski definition) is 2. The highest BCUT2D eigenvalue weighted by Crippen LogP contribution is 2.35. The van der Waals surface area contributed by atoms with E-state index >= 15 is 0 Å². The van der Waals surface area contributed by atoms with E-state index in [1.54, 1.807) is 0 Å². The zero-order valence-electron chi connectivity index (χ0n) is 10.7. The number of hydrogen-bond donors (Lipinski definition) is 2. The average Bonchev–Trinajstić information content (AvgIpc) is 2.20. The molecule has 1 fully saturated rings. The Morgan fingerprint density at radius 2 is 2.00 bits per heavy atom. The van der Waals surface area contributed by atoms with Crippen LogP contribution in [0.5, 0.6) is 0 Å². The molecule has 0 heterocycles. The molecular formula is C13H27NO. The Kier molecular flexibility index (Phi) is 4.60. The lowest BCUT2D eigenvalue weighted by molar-refractivity contribution is 0.0741. The molecule has 1 rings (SSSR count). The summed E-state index contributed by atoms with van der Waals surface area (Å²) in [5.74, 6) is 2.19. The maximum atomic E-state index is 9.60. The summed E-state index contributed by atoms with van der Waals surface area (Å²) in [6.45, 7) is 10.4. The van der Waals surface area contributed by atoms with Crippen LogP contribution < -0.4 is 5.32 Å². The fourth-order valence-corrected chi connectivity index (χ4v) is 2.49. The molecule has 1 aliphatic rings. The van der Waals surface area contributed by atoms with E-state index in [0.717, 1.165) is 31.2 Å². The van der Waals surface area contributed by atoms with Crippen molar-refractivity contribution < 1.29 is 5.11 Å². The minimum absolute atomic E-state index is 0.0101. The first-order valence-electron chi connectivity index (χ1n) is 6.35. The fourth-order valence-electron chi connectivity index (χ4n) is 2.49. The van der Waals surface area contributed by atoms with Crippen LogP contribution in [0.1, 0.15) is 47.0 Å². The Hall–Kier alpha value is -0.0800. The van der Waals surface area contributed by atoms with Crippen molar-refractivity contribution >= 4 is 0 Å². The summed E-state index contributed by atoms with van der Waals surface area (Å²) in [7, 11) is 0. The van der Waals surface area contributed by atoms with Crippen LogP contribution in [0.4, 0.5) is 0 Å². The van der Waals surface area contributed by atoms with Crippen LogP contribution in [0.15, 0.2) is 0 Å². The van der Waals surface area contributed by atoms with Gasteiger partial charge in [0.05, 0.1) is 6.61 Å². The lowest BCUT2D eigenvalue weighted by Crippen LogP contribution is -2.53. The molecule has 0 amide bonds. The van der Waals surface area contributed by atoms with Crippen molar-refractivity contribution in [2.45, 2.75) is 52.5 Å². The normalized spacial score (nSPS) is 37.2. The van der Waals surface area contributed by atoms with Crippen LogP contribution in [0.2, 0.25) is 0 Å². The van der Waals surface area contributed by atoms with Gasteiger partial charge in [-0.1, -0.05) is 27.7 Å². The number of aliphatic hydroxyl groups is 1. The summed E-state index contributed by atoms with van der Waals surface area (Å²) in [5, 5.41) is 13.2. The smallest absolute Gasteiger partial charge is 0.0613 e. The molecule has 2 heteroatoms. The first-order valence-corrected chi connectivity index (χ1v) is 6.35. The van der Waals surface area contributed by atoms with Crippen molar-refractivity contribution in [2.24, 2.45) is 17.8 Å². The van der Waals surface area contributed by atoms with Crippen LogP contribution in [-0.4, -0.2) is 23.8 Å². The van der Waals surface area contributed by atoms with Gasteiger partial charge in [0.2, 0.25) is 0 Å². The summed E-state index contributed by atoms with van der Waals surface area (Å²) >= 11 is 0. The van der Waals surface area contributed by atoms with Gasteiger partial charge in [-0.05, 0) is 43.6 Å². The monoisotopic (exact) mass is 213 g/mol. The Morgan fingerprint density at radius 3 is 2.47 bits per heavy atom. The first-order chi connectivity index (χ1) is 6.99. The minimum atomic E-state index is 0.0101. The van der Waals surface area contributed by atoms with Gasteiger partial charge in [0, 0.05) is 5.54 Å². The highest BCUT2D eigenvalue weighted by atomic mass is 16.3. The molecule has 1 aliphatic carbocycles. The molecule has 0 aliphatic heterocycles. The van der Waals surface area contributed by atoms with Gasteiger partial charge in [0.25, 0.3) is 0 Å². The molecule has 0 saturated heterocycles. The van der Waals surface area contributed by atoms with Crippen molar-refractivity contribution in [1.29, 1.82) is 0 Å². The molecule has 2 N–H and O–H groups in total. The van der Waals surface area contributed by atoms with Gasteiger partial charge in [-0.15, -0.1) is 0 Å². The fraction of sp³-hybridized carbons (Fsp3) is 1.00. The van der Waals surface area contributed by atoms with E-state index in [1.165, 1.54) is 6.42 Å². The molecule has 15 heavy (non-hydrogen) atoms. The van der Waals surface area contributed by atoms with Gasteiger partial charge < -0.3 is 10.4 Å². The third kappa shape index (κ3) is 3.46. The second-order valence-electron chi connectivity index (χ2n) is 5.91. The van der Waals surface area contributed by atoms with Crippen molar-refractivity contribution in [3.8, 4) is 0 Å². The van der Waals surface area contributed by atoms with Crippen LogP contribution in [-0.2, 0) is 0 Å². The Balaban J connectivity index is 2.53. The van der Waals surface area contributed by atoms with E-state index in [4.69, 9.17) is 0 Å². The summed E-state index contributed by atoms with van der Waals surface area (Å²) < 4.78 is 0. The summed E-state index contributed by atoms with van der Waals surface area (Å²) in [6, 6.07) is 0. The average molecular weight is 213 g/mol. The number of rotatable bonds is 4. The van der Waals surface area contributed by atoms with Gasteiger partial charge in [-0.2, -0.15) is 0 Å². The number of nitrogens with one attached hydrogen (secondary N) is 1. The molecule has 90 valence electrons. The standard InChI is InChI=1S/C13H27NO/c1-10(2)8-14-13(9-15)6-5-11(3)12(4)7-13/h10-12,14-15H,5-9H2,1-4H3. The van der Waals surface area contributed by atoms with Crippen LogP contribution in [0.25, 0.3) is 0 Å². The van der Waals surface area contributed by atoms with Gasteiger partial charge in [-0.25, -0.2) is 0 Å². The number of aliphatic hydroxyl groups excluding tert-OH is 1. The summed E-state index contributed by atoms with van der Waals surface area (Å²) in [4.78, 5) is 0. The zero-order valence-corrected chi connectivity index (χ0v) is 10.7. The van der Waals surface area contributed by atoms with E-state index in [0.29, 0.717) is 5.92 Å². The van der Waals surface area contributed by atoms with Crippen LogP contribution in [0.3, 0.4) is 0 Å². The molecule has 2 nitrogen and oxygen atoms in total. The molecule has 1 saturated carbocycles. The first kappa shape index (κ1) is 13.0. The highest BCUT2D eigenvalue weighted by Gasteiger charge is 2.36.